The van der Waals surface area contributed by atoms with E-state index in [1.165, 1.54) is 16.8 Å². The molecule has 0 spiro atoms. The standard InChI is InChI=1S/C19H23FN6O2/c1-19(2,3)17-9-21-13(7-22-17)14-6-11(20)15-8-23-18(25-26(14)15)24-12-4-5-28-10-16(12)27/h6-9,12,16,27H,4-5,10H2,1-3H3,(H,24,25)/t12-,16-/m1/s1. The molecular weight excluding hydrogens is 363 g/mol. The maximum absolute atomic E-state index is 14.4. The molecular formula is C19H23FN6O2. The van der Waals surface area contributed by atoms with Gasteiger partial charge in [-0.1, -0.05) is 20.8 Å². The van der Waals surface area contributed by atoms with Gasteiger partial charge >= 0.3 is 0 Å². The molecule has 0 aliphatic carbocycles. The van der Waals surface area contributed by atoms with Crippen LogP contribution in [0.5, 0.6) is 0 Å². The second-order valence-corrected chi connectivity index (χ2v) is 7.98. The van der Waals surface area contributed by atoms with Gasteiger partial charge in [-0.05, 0) is 6.42 Å². The first-order valence-electron chi connectivity index (χ1n) is 9.22. The fourth-order valence-corrected chi connectivity index (χ4v) is 3.11. The lowest BCUT2D eigenvalue weighted by Crippen LogP contribution is -2.42. The first-order chi connectivity index (χ1) is 13.3. The van der Waals surface area contributed by atoms with Crippen LogP contribution in [0.15, 0.2) is 24.7 Å². The van der Waals surface area contributed by atoms with Crippen LogP contribution in [0.3, 0.4) is 0 Å². The van der Waals surface area contributed by atoms with Gasteiger partial charge in [-0.25, -0.2) is 13.9 Å². The summed E-state index contributed by atoms with van der Waals surface area (Å²) in [5.41, 5.74) is 1.97. The highest BCUT2D eigenvalue weighted by molar-refractivity contribution is 5.64. The Morgan fingerprint density at radius 3 is 2.71 bits per heavy atom. The molecule has 28 heavy (non-hydrogen) atoms. The van der Waals surface area contributed by atoms with E-state index >= 15 is 0 Å². The Balaban J connectivity index is 1.69. The van der Waals surface area contributed by atoms with Gasteiger partial charge in [-0.15, -0.1) is 5.10 Å². The predicted octanol–water partition coefficient (Wildman–Crippen LogP) is 2.18. The summed E-state index contributed by atoms with van der Waals surface area (Å²) in [5, 5.41) is 17.6. The van der Waals surface area contributed by atoms with E-state index in [1.54, 1.807) is 12.4 Å². The minimum Gasteiger partial charge on any atom is -0.389 e. The highest BCUT2D eigenvalue weighted by Crippen LogP contribution is 2.25. The SMILES string of the molecule is CC(C)(C)c1cnc(-c2cc(F)c3cnc(N[C@@H]4CCOC[C@H]4O)nn23)cn1. The Bertz CT molecular complexity index is 982. The van der Waals surface area contributed by atoms with Crippen molar-refractivity contribution in [3.8, 4) is 11.4 Å². The van der Waals surface area contributed by atoms with E-state index in [1.807, 2.05) is 0 Å². The van der Waals surface area contributed by atoms with Gasteiger partial charge in [0.05, 0.1) is 42.5 Å². The van der Waals surface area contributed by atoms with Crippen molar-refractivity contribution in [2.75, 3.05) is 18.5 Å². The molecule has 3 aromatic rings. The van der Waals surface area contributed by atoms with Crippen LogP contribution >= 0.6 is 0 Å². The predicted molar refractivity (Wildman–Crippen MR) is 102 cm³/mol. The molecule has 2 N–H and O–H groups in total. The number of aliphatic hydroxyl groups is 1. The molecule has 0 aromatic carbocycles. The van der Waals surface area contributed by atoms with Gasteiger partial charge in [0.2, 0.25) is 5.95 Å². The third-order valence-electron chi connectivity index (χ3n) is 4.79. The van der Waals surface area contributed by atoms with Crippen LogP contribution in [0.1, 0.15) is 32.9 Å². The van der Waals surface area contributed by atoms with Crippen molar-refractivity contribution in [1.29, 1.82) is 0 Å². The van der Waals surface area contributed by atoms with E-state index in [9.17, 15) is 9.50 Å². The maximum atomic E-state index is 14.4. The van der Waals surface area contributed by atoms with Crippen LogP contribution in [0, 0.1) is 5.82 Å². The molecule has 0 amide bonds. The summed E-state index contributed by atoms with van der Waals surface area (Å²) >= 11 is 0. The van der Waals surface area contributed by atoms with Crippen molar-refractivity contribution in [2.45, 2.75) is 44.8 Å². The summed E-state index contributed by atoms with van der Waals surface area (Å²) < 4.78 is 21.1. The second kappa shape index (κ2) is 7.06. The number of rotatable bonds is 3. The fourth-order valence-electron chi connectivity index (χ4n) is 3.11. The van der Waals surface area contributed by atoms with Crippen molar-refractivity contribution in [2.24, 2.45) is 0 Å². The van der Waals surface area contributed by atoms with Gasteiger partial charge in [-0.2, -0.15) is 0 Å². The molecule has 0 saturated carbocycles. The van der Waals surface area contributed by atoms with Crippen LogP contribution in [-0.4, -0.2) is 55.0 Å². The quantitative estimate of drug-likeness (QED) is 0.712. The largest absolute Gasteiger partial charge is 0.389 e. The molecule has 4 rings (SSSR count). The zero-order valence-corrected chi connectivity index (χ0v) is 16.1. The van der Waals surface area contributed by atoms with Crippen LogP contribution in [0.4, 0.5) is 10.3 Å². The molecule has 8 nitrogen and oxygen atoms in total. The molecule has 2 atom stereocenters. The molecule has 4 heterocycles. The van der Waals surface area contributed by atoms with Gasteiger partial charge in [0, 0.05) is 24.3 Å². The number of aromatic nitrogens is 5. The van der Waals surface area contributed by atoms with Crippen molar-refractivity contribution in [1.82, 2.24) is 24.6 Å². The summed E-state index contributed by atoms with van der Waals surface area (Å²) in [6.45, 7) is 6.98. The molecule has 1 saturated heterocycles. The van der Waals surface area contributed by atoms with Crippen LogP contribution in [0.25, 0.3) is 16.9 Å². The third kappa shape index (κ3) is 3.55. The Labute approximate surface area is 161 Å². The number of aliphatic hydroxyl groups excluding tert-OH is 1. The minimum absolute atomic E-state index is 0.123. The Morgan fingerprint density at radius 1 is 1.21 bits per heavy atom. The first-order valence-corrected chi connectivity index (χ1v) is 9.22. The number of hydrogen-bond donors (Lipinski definition) is 2. The van der Waals surface area contributed by atoms with E-state index in [0.29, 0.717) is 30.4 Å². The van der Waals surface area contributed by atoms with Crippen molar-refractivity contribution in [3.05, 3.63) is 36.2 Å². The molecule has 0 bridgehead atoms. The molecule has 9 heteroatoms. The highest BCUT2D eigenvalue weighted by atomic mass is 19.1. The smallest absolute Gasteiger partial charge is 0.241 e. The van der Waals surface area contributed by atoms with Crippen LogP contribution in [-0.2, 0) is 10.2 Å². The van der Waals surface area contributed by atoms with Crippen molar-refractivity contribution < 1.29 is 14.2 Å². The lowest BCUT2D eigenvalue weighted by atomic mass is 9.93. The lowest BCUT2D eigenvalue weighted by molar-refractivity contribution is -0.0136. The molecule has 0 unspecified atom stereocenters. The molecule has 3 aromatic heterocycles. The number of fused-ring (bicyclic) bond motifs is 1. The first kappa shape index (κ1) is 18.7. The minimum atomic E-state index is -0.648. The van der Waals surface area contributed by atoms with Gasteiger partial charge in [-0.3, -0.25) is 9.97 Å². The van der Waals surface area contributed by atoms with E-state index in [-0.39, 0.29) is 23.6 Å². The second-order valence-electron chi connectivity index (χ2n) is 7.98. The summed E-state index contributed by atoms with van der Waals surface area (Å²) in [6, 6.07) is 1.15. The molecule has 1 aliphatic rings. The zero-order valence-electron chi connectivity index (χ0n) is 16.1. The fraction of sp³-hybridized carbons (Fsp3) is 0.474. The van der Waals surface area contributed by atoms with E-state index in [4.69, 9.17) is 4.74 Å². The monoisotopic (exact) mass is 386 g/mol. The Kier molecular flexibility index (Phi) is 4.72. The zero-order chi connectivity index (χ0) is 19.9. The Morgan fingerprint density at radius 2 is 2.04 bits per heavy atom. The number of ether oxygens (including phenoxy) is 1. The van der Waals surface area contributed by atoms with Crippen LogP contribution < -0.4 is 5.32 Å². The summed E-state index contributed by atoms with van der Waals surface area (Å²) in [7, 11) is 0. The summed E-state index contributed by atoms with van der Waals surface area (Å²) in [4.78, 5) is 13.1. The van der Waals surface area contributed by atoms with E-state index in [2.05, 4.69) is 46.1 Å². The number of hydrogen-bond acceptors (Lipinski definition) is 7. The van der Waals surface area contributed by atoms with E-state index in [0.717, 1.165) is 5.69 Å². The number of halogens is 1. The summed E-state index contributed by atoms with van der Waals surface area (Å²) in [5.74, 6) is -0.135. The van der Waals surface area contributed by atoms with E-state index < -0.39 is 11.9 Å². The average molecular weight is 386 g/mol. The van der Waals surface area contributed by atoms with Crippen LogP contribution in [0.2, 0.25) is 0 Å². The van der Waals surface area contributed by atoms with Gasteiger partial charge in [0.25, 0.3) is 0 Å². The topological polar surface area (TPSA) is 97.5 Å². The normalized spacial score (nSPS) is 20.5. The lowest BCUT2D eigenvalue weighted by Gasteiger charge is -2.28. The van der Waals surface area contributed by atoms with Crippen molar-refractivity contribution in [3.63, 3.8) is 0 Å². The maximum Gasteiger partial charge on any atom is 0.241 e. The molecule has 0 radical (unpaired) electrons. The molecule has 1 fully saturated rings. The number of anilines is 1. The van der Waals surface area contributed by atoms with Crippen molar-refractivity contribution >= 4 is 11.5 Å². The highest BCUT2D eigenvalue weighted by Gasteiger charge is 2.25. The number of nitrogens with one attached hydrogen (secondary N) is 1. The average Bonchev–Trinajstić information content (AvgIpc) is 2.99. The Hall–Kier alpha value is -2.65. The van der Waals surface area contributed by atoms with Gasteiger partial charge in [0.15, 0.2) is 5.82 Å². The molecule has 148 valence electrons. The summed E-state index contributed by atoms with van der Waals surface area (Å²) in [6.07, 6.45) is 4.72. The third-order valence-corrected chi connectivity index (χ3v) is 4.79. The van der Waals surface area contributed by atoms with Gasteiger partial charge in [0.1, 0.15) is 11.2 Å². The molecule has 1 aliphatic heterocycles. The number of nitrogens with zero attached hydrogens (tertiary/aromatic N) is 5. The van der Waals surface area contributed by atoms with Gasteiger partial charge < -0.3 is 15.2 Å².